The molecule has 1 unspecified atom stereocenters. The number of aromatic nitrogens is 1. The molecule has 3 aromatic carbocycles. The summed E-state index contributed by atoms with van der Waals surface area (Å²) in [5, 5.41) is 12.3. The summed E-state index contributed by atoms with van der Waals surface area (Å²) in [5.74, 6) is -3.18. The minimum atomic E-state index is -1.29. The van der Waals surface area contributed by atoms with E-state index >= 15 is 0 Å². The van der Waals surface area contributed by atoms with Gasteiger partial charge in [-0.15, -0.1) is 0 Å². The Kier molecular flexibility index (Phi) is 8.61. The summed E-state index contributed by atoms with van der Waals surface area (Å²) in [6, 6.07) is 22.3. The number of carboxylic acids is 1. The van der Waals surface area contributed by atoms with Crippen molar-refractivity contribution in [1.82, 2.24) is 10.3 Å². The number of carbonyl (C=O) groups excluding carboxylic acids is 1. The highest BCUT2D eigenvalue weighted by molar-refractivity contribution is 5.94. The molecule has 2 N–H and O–H groups in total. The number of aliphatic carboxylic acids is 1. The van der Waals surface area contributed by atoms with E-state index in [1.54, 1.807) is 42.6 Å². The van der Waals surface area contributed by atoms with Gasteiger partial charge in [-0.05, 0) is 54.1 Å². The monoisotopic (exact) mass is 518 g/mol. The molecule has 0 saturated carbocycles. The zero-order valence-corrected chi connectivity index (χ0v) is 20.1. The third-order valence-corrected chi connectivity index (χ3v) is 5.55. The molecule has 0 aliphatic heterocycles. The van der Waals surface area contributed by atoms with Gasteiger partial charge in [0.2, 0.25) is 0 Å². The van der Waals surface area contributed by atoms with Gasteiger partial charge < -0.3 is 19.9 Å². The van der Waals surface area contributed by atoms with Crippen LogP contribution < -0.4 is 14.8 Å². The quantitative estimate of drug-likeness (QED) is 0.274. The van der Waals surface area contributed by atoms with Crippen molar-refractivity contribution in [3.63, 3.8) is 0 Å². The van der Waals surface area contributed by atoms with Crippen LogP contribution in [0.2, 0.25) is 0 Å². The zero-order valence-electron chi connectivity index (χ0n) is 20.1. The van der Waals surface area contributed by atoms with Gasteiger partial charge in [0.1, 0.15) is 18.1 Å². The Labute approximate surface area is 217 Å². The number of nitrogens with zero attached hydrogens (tertiary/aromatic N) is 1. The molecule has 0 saturated heterocycles. The molecule has 0 fully saturated rings. The Morgan fingerprint density at radius 2 is 1.63 bits per heavy atom. The van der Waals surface area contributed by atoms with E-state index in [2.05, 4.69) is 10.3 Å². The van der Waals surface area contributed by atoms with Gasteiger partial charge in [0, 0.05) is 29.8 Å². The number of benzene rings is 3. The van der Waals surface area contributed by atoms with Crippen molar-refractivity contribution in [2.75, 3.05) is 13.2 Å². The third kappa shape index (κ3) is 7.13. The van der Waals surface area contributed by atoms with Crippen molar-refractivity contribution >= 4 is 11.9 Å². The molecule has 1 atom stereocenters. The molecule has 0 aliphatic rings. The summed E-state index contributed by atoms with van der Waals surface area (Å²) in [4.78, 5) is 28.3. The molecule has 38 heavy (non-hydrogen) atoms. The topological polar surface area (TPSA) is 97.8 Å². The maximum Gasteiger partial charge on any atom is 0.345 e. The number of hydrogen-bond acceptors (Lipinski definition) is 5. The first-order chi connectivity index (χ1) is 18.4. The predicted octanol–water partition coefficient (Wildman–Crippen LogP) is 4.91. The zero-order chi connectivity index (χ0) is 26.9. The first-order valence-electron chi connectivity index (χ1n) is 11.7. The van der Waals surface area contributed by atoms with Crippen LogP contribution in [0.3, 0.4) is 0 Å². The highest BCUT2D eigenvalue weighted by Crippen LogP contribution is 2.20. The molecule has 9 heteroatoms. The summed E-state index contributed by atoms with van der Waals surface area (Å²) in [6.07, 6.45) is 0.424. The van der Waals surface area contributed by atoms with E-state index in [9.17, 15) is 23.5 Å². The van der Waals surface area contributed by atoms with Crippen molar-refractivity contribution in [1.29, 1.82) is 0 Å². The fourth-order valence-electron chi connectivity index (χ4n) is 3.59. The summed E-state index contributed by atoms with van der Waals surface area (Å²) in [7, 11) is 0. The van der Waals surface area contributed by atoms with Crippen molar-refractivity contribution in [3.05, 3.63) is 114 Å². The van der Waals surface area contributed by atoms with Gasteiger partial charge in [-0.25, -0.2) is 13.6 Å². The number of carboxylic acid groups (broad SMARTS) is 1. The highest BCUT2D eigenvalue weighted by atomic mass is 19.2. The molecule has 194 valence electrons. The second-order valence-corrected chi connectivity index (χ2v) is 8.27. The van der Waals surface area contributed by atoms with Crippen LogP contribution in [0.25, 0.3) is 11.3 Å². The predicted molar refractivity (Wildman–Crippen MR) is 136 cm³/mol. The average molecular weight is 519 g/mol. The molecule has 0 aliphatic carbocycles. The Bertz CT molecular complexity index is 1380. The van der Waals surface area contributed by atoms with E-state index in [0.717, 1.165) is 23.4 Å². The van der Waals surface area contributed by atoms with Gasteiger partial charge in [0.05, 0.1) is 12.2 Å². The lowest BCUT2D eigenvalue weighted by Gasteiger charge is -2.16. The largest absolute Gasteiger partial charge is 0.492 e. The number of halogens is 2. The highest BCUT2D eigenvalue weighted by Gasteiger charge is 2.21. The molecule has 0 bridgehead atoms. The Balaban J connectivity index is 1.23. The summed E-state index contributed by atoms with van der Waals surface area (Å²) < 4.78 is 37.5. The number of hydrogen-bond donors (Lipinski definition) is 2. The van der Waals surface area contributed by atoms with Crippen LogP contribution in [0.15, 0.2) is 91.1 Å². The van der Waals surface area contributed by atoms with Crippen LogP contribution in [0.1, 0.15) is 15.9 Å². The molecule has 7 nitrogen and oxygen atoms in total. The molecule has 0 spiro atoms. The maximum atomic E-state index is 13.4. The van der Waals surface area contributed by atoms with Crippen molar-refractivity contribution in [2.45, 2.75) is 12.5 Å². The minimum absolute atomic E-state index is 0.00376. The van der Waals surface area contributed by atoms with Crippen LogP contribution in [0.5, 0.6) is 11.5 Å². The van der Waals surface area contributed by atoms with Crippen LogP contribution in [-0.2, 0) is 11.2 Å². The van der Waals surface area contributed by atoms with Gasteiger partial charge in [-0.2, -0.15) is 0 Å². The van der Waals surface area contributed by atoms with Crippen molar-refractivity contribution in [2.24, 2.45) is 0 Å². The SMILES string of the molecule is O=C(NCCOc1ccc(CC(Oc2ccc(F)c(F)c2)C(=O)O)cc1)c1ccc(-c2ccccn2)cc1. The lowest BCUT2D eigenvalue weighted by molar-refractivity contribution is -0.145. The van der Waals surface area contributed by atoms with E-state index in [-0.39, 0.29) is 31.2 Å². The second kappa shape index (κ2) is 12.4. The van der Waals surface area contributed by atoms with E-state index < -0.39 is 23.7 Å². The second-order valence-electron chi connectivity index (χ2n) is 8.27. The number of carbonyl (C=O) groups is 2. The Morgan fingerprint density at radius 3 is 2.29 bits per heavy atom. The number of nitrogens with one attached hydrogen (secondary N) is 1. The van der Waals surface area contributed by atoms with Crippen LogP contribution in [-0.4, -0.2) is 41.2 Å². The normalized spacial score (nSPS) is 11.4. The molecule has 4 rings (SSSR count). The van der Waals surface area contributed by atoms with Gasteiger partial charge in [-0.1, -0.05) is 30.3 Å². The van der Waals surface area contributed by atoms with E-state index in [4.69, 9.17) is 9.47 Å². The molecular formula is C29H24F2N2O5. The first-order valence-corrected chi connectivity index (χ1v) is 11.7. The summed E-state index contributed by atoms with van der Waals surface area (Å²) in [6.45, 7) is 0.514. The van der Waals surface area contributed by atoms with Gasteiger partial charge >= 0.3 is 5.97 Å². The molecule has 0 radical (unpaired) electrons. The van der Waals surface area contributed by atoms with E-state index in [1.807, 2.05) is 30.3 Å². The first kappa shape index (κ1) is 26.3. The fraction of sp³-hybridized carbons (Fsp3) is 0.138. The van der Waals surface area contributed by atoms with E-state index in [0.29, 0.717) is 16.9 Å². The van der Waals surface area contributed by atoms with Crippen molar-refractivity contribution < 1.29 is 33.0 Å². The minimum Gasteiger partial charge on any atom is -0.492 e. The molecule has 4 aromatic rings. The van der Waals surface area contributed by atoms with Crippen LogP contribution >= 0.6 is 0 Å². The fourth-order valence-corrected chi connectivity index (χ4v) is 3.59. The van der Waals surface area contributed by atoms with Gasteiger partial charge in [0.15, 0.2) is 17.7 Å². The van der Waals surface area contributed by atoms with Crippen molar-refractivity contribution in [3.8, 4) is 22.8 Å². The van der Waals surface area contributed by atoms with Crippen LogP contribution in [0.4, 0.5) is 8.78 Å². The lowest BCUT2D eigenvalue weighted by atomic mass is 10.1. The van der Waals surface area contributed by atoms with Crippen LogP contribution in [0, 0.1) is 11.6 Å². The van der Waals surface area contributed by atoms with E-state index in [1.165, 1.54) is 6.07 Å². The molecular weight excluding hydrogens is 494 g/mol. The molecule has 1 aromatic heterocycles. The Hall–Kier alpha value is -4.79. The number of ether oxygens (including phenoxy) is 2. The standard InChI is InChI=1S/C29H24F2N2O5/c30-24-13-12-23(18-25(24)31)38-27(29(35)36)17-19-4-10-22(11-5-19)37-16-15-33-28(34)21-8-6-20(7-9-21)26-3-1-2-14-32-26/h1-14,18,27H,15-17H2,(H,33,34)(H,35,36). The van der Waals surface area contributed by atoms with Gasteiger partial charge in [-0.3, -0.25) is 9.78 Å². The lowest BCUT2D eigenvalue weighted by Crippen LogP contribution is -2.29. The van der Waals surface area contributed by atoms with Gasteiger partial charge in [0.25, 0.3) is 5.91 Å². The number of amides is 1. The Morgan fingerprint density at radius 1 is 0.895 bits per heavy atom. The third-order valence-electron chi connectivity index (χ3n) is 5.55. The molecule has 1 amide bonds. The average Bonchev–Trinajstić information content (AvgIpc) is 2.94. The maximum absolute atomic E-state index is 13.4. The summed E-state index contributed by atoms with van der Waals surface area (Å²) >= 11 is 0. The number of pyridine rings is 1. The molecule has 1 heterocycles. The summed E-state index contributed by atoms with van der Waals surface area (Å²) in [5.41, 5.74) is 2.91. The number of rotatable bonds is 11. The smallest absolute Gasteiger partial charge is 0.345 e.